The quantitative estimate of drug-likeness (QED) is 0.293. The maximum atomic E-state index is 11.5. The molecule has 0 aliphatic carbocycles. The molecule has 1 fully saturated rings. The van der Waals surface area contributed by atoms with E-state index in [9.17, 15) is 14.5 Å². The number of carbonyl (C=O) groups is 1. The van der Waals surface area contributed by atoms with Gasteiger partial charge in [-0.3, -0.25) is 9.32 Å². The van der Waals surface area contributed by atoms with Crippen molar-refractivity contribution < 1.29 is 28.8 Å². The Morgan fingerprint density at radius 3 is 2.40 bits per heavy atom. The van der Waals surface area contributed by atoms with Crippen molar-refractivity contribution in [3.63, 3.8) is 0 Å². The highest BCUT2D eigenvalue weighted by molar-refractivity contribution is 7.46. The Morgan fingerprint density at radius 1 is 1.17 bits per heavy atom. The second-order valence-electron chi connectivity index (χ2n) is 8.34. The SMILES string of the molecule is C[C@H](O)c1nccn1[C@@H](C#Cc1ccc(-c2ccc([C@@H]3CNC(=O)C3)cc2)cc1)COP(=O)(O)O. The summed E-state index contributed by atoms with van der Waals surface area (Å²) in [6, 6.07) is 15.0. The molecule has 1 saturated heterocycles. The zero-order chi connectivity index (χ0) is 25.0. The first-order chi connectivity index (χ1) is 16.7. The number of aromatic nitrogens is 2. The molecule has 3 aromatic rings. The van der Waals surface area contributed by atoms with Crippen molar-refractivity contribution in [2.45, 2.75) is 31.4 Å². The third-order valence-electron chi connectivity index (χ3n) is 5.77. The van der Waals surface area contributed by atoms with Gasteiger partial charge < -0.3 is 24.8 Å². The van der Waals surface area contributed by atoms with Crippen LogP contribution in [0.5, 0.6) is 0 Å². The molecule has 1 aliphatic rings. The summed E-state index contributed by atoms with van der Waals surface area (Å²) in [7, 11) is -4.69. The molecule has 4 N–H and O–H groups in total. The van der Waals surface area contributed by atoms with E-state index in [1.807, 2.05) is 48.5 Å². The fourth-order valence-electron chi connectivity index (χ4n) is 3.97. The van der Waals surface area contributed by atoms with Gasteiger partial charge in [0.25, 0.3) is 0 Å². The van der Waals surface area contributed by atoms with Gasteiger partial charge in [0.2, 0.25) is 5.91 Å². The number of phosphoric ester groups is 1. The highest BCUT2D eigenvalue weighted by atomic mass is 31.2. The minimum absolute atomic E-state index is 0.0847. The molecule has 0 spiro atoms. The van der Waals surface area contributed by atoms with Crippen LogP contribution >= 0.6 is 7.82 Å². The van der Waals surface area contributed by atoms with Crippen LogP contribution in [0.3, 0.4) is 0 Å². The van der Waals surface area contributed by atoms with Crippen molar-refractivity contribution in [2.24, 2.45) is 0 Å². The van der Waals surface area contributed by atoms with Gasteiger partial charge in [0.1, 0.15) is 18.0 Å². The van der Waals surface area contributed by atoms with E-state index < -0.39 is 20.0 Å². The largest absolute Gasteiger partial charge is 0.469 e. The second-order valence-corrected chi connectivity index (χ2v) is 9.58. The Labute approximate surface area is 203 Å². The molecule has 0 radical (unpaired) electrons. The lowest BCUT2D eigenvalue weighted by atomic mass is 9.95. The smallest absolute Gasteiger partial charge is 0.385 e. The molecule has 0 bridgehead atoms. The first-order valence-corrected chi connectivity index (χ1v) is 12.6. The first-order valence-electron chi connectivity index (χ1n) is 11.1. The van der Waals surface area contributed by atoms with Gasteiger partial charge in [-0.25, -0.2) is 9.55 Å². The van der Waals surface area contributed by atoms with Gasteiger partial charge in [0, 0.05) is 36.8 Å². The van der Waals surface area contributed by atoms with Gasteiger partial charge in [-0.2, -0.15) is 0 Å². The lowest BCUT2D eigenvalue weighted by Crippen LogP contribution is -2.17. The molecule has 3 atom stereocenters. The molecule has 1 aromatic heterocycles. The second kappa shape index (κ2) is 10.6. The molecular formula is C25H26N3O6P. The third-order valence-corrected chi connectivity index (χ3v) is 6.25. The summed E-state index contributed by atoms with van der Waals surface area (Å²) in [5.74, 6) is 6.59. The van der Waals surface area contributed by atoms with E-state index in [4.69, 9.17) is 9.79 Å². The molecular weight excluding hydrogens is 469 g/mol. The third kappa shape index (κ3) is 6.45. The molecule has 4 rings (SSSR count). The minimum Gasteiger partial charge on any atom is -0.385 e. The summed E-state index contributed by atoms with van der Waals surface area (Å²) in [5.41, 5.74) is 3.89. The van der Waals surface area contributed by atoms with Crippen LogP contribution in [0, 0.1) is 11.8 Å². The van der Waals surface area contributed by atoms with Gasteiger partial charge in [0.15, 0.2) is 0 Å². The van der Waals surface area contributed by atoms with E-state index >= 15 is 0 Å². The average Bonchev–Trinajstić information content (AvgIpc) is 3.48. The predicted octanol–water partition coefficient (Wildman–Crippen LogP) is 2.91. The van der Waals surface area contributed by atoms with Gasteiger partial charge in [0.05, 0.1) is 6.61 Å². The summed E-state index contributed by atoms with van der Waals surface area (Å²) < 4.78 is 17.4. The Morgan fingerprint density at radius 2 is 1.83 bits per heavy atom. The Hall–Kier alpha value is -3.25. The molecule has 2 heterocycles. The predicted molar refractivity (Wildman–Crippen MR) is 129 cm³/mol. The highest BCUT2D eigenvalue weighted by Gasteiger charge is 2.23. The normalized spacial score (nSPS) is 17.4. The molecule has 35 heavy (non-hydrogen) atoms. The van der Waals surface area contributed by atoms with Crippen molar-refractivity contribution in [2.75, 3.05) is 13.2 Å². The van der Waals surface area contributed by atoms with Crippen LogP contribution in [-0.4, -0.2) is 43.5 Å². The van der Waals surface area contributed by atoms with Crippen molar-refractivity contribution in [3.05, 3.63) is 77.9 Å². The maximum absolute atomic E-state index is 11.5. The fraction of sp³-hybridized carbons (Fsp3) is 0.280. The molecule has 1 amide bonds. The number of amides is 1. The number of benzene rings is 2. The number of aliphatic hydroxyl groups excluding tert-OH is 1. The molecule has 0 unspecified atom stereocenters. The van der Waals surface area contributed by atoms with Crippen LogP contribution in [0.25, 0.3) is 11.1 Å². The van der Waals surface area contributed by atoms with Gasteiger partial charge in [-0.1, -0.05) is 48.2 Å². The van der Waals surface area contributed by atoms with Crippen molar-refractivity contribution in [3.8, 4) is 23.0 Å². The van der Waals surface area contributed by atoms with E-state index in [1.54, 1.807) is 13.1 Å². The van der Waals surface area contributed by atoms with Crippen LogP contribution in [0.1, 0.15) is 48.4 Å². The highest BCUT2D eigenvalue weighted by Crippen LogP contribution is 2.37. The standard InChI is InChI=1S/C25H26N3O6P/c1-17(29)25-26-12-13-28(25)23(16-34-35(31,32)33)11-4-18-2-5-19(6-3-18)20-7-9-21(10-8-20)22-14-24(30)27-15-22/h2-3,5-10,12-13,17,22-23,29H,14-16H2,1H3,(H,27,30)(H2,31,32,33)/t17-,22-,23-/m0/s1. The number of carbonyl (C=O) groups excluding carboxylic acids is 1. The van der Waals surface area contributed by atoms with Crippen LogP contribution in [-0.2, 0) is 13.9 Å². The summed E-state index contributed by atoms with van der Waals surface area (Å²) in [5, 5.41) is 12.8. The van der Waals surface area contributed by atoms with E-state index in [-0.39, 0.29) is 18.4 Å². The van der Waals surface area contributed by atoms with Crippen molar-refractivity contribution in [1.82, 2.24) is 14.9 Å². The number of nitrogens with one attached hydrogen (secondary N) is 1. The van der Waals surface area contributed by atoms with Gasteiger partial charge in [-0.15, -0.1) is 0 Å². The molecule has 0 saturated carbocycles. The summed E-state index contributed by atoms with van der Waals surface area (Å²) in [6.45, 7) is 1.84. The first kappa shape index (κ1) is 24.9. The number of imidazole rings is 1. The lowest BCUT2D eigenvalue weighted by molar-refractivity contribution is -0.119. The molecule has 2 aromatic carbocycles. The summed E-state index contributed by atoms with van der Waals surface area (Å²) in [6.07, 6.45) is 2.69. The molecule has 9 nitrogen and oxygen atoms in total. The minimum atomic E-state index is -4.69. The Kier molecular flexibility index (Phi) is 7.51. The number of hydrogen-bond donors (Lipinski definition) is 4. The summed E-state index contributed by atoms with van der Waals surface area (Å²) >= 11 is 0. The molecule has 1 aliphatic heterocycles. The fourth-order valence-corrected chi connectivity index (χ4v) is 4.31. The topological polar surface area (TPSA) is 134 Å². The number of hydrogen-bond acceptors (Lipinski definition) is 5. The lowest BCUT2D eigenvalue weighted by Gasteiger charge is -2.17. The van der Waals surface area contributed by atoms with Gasteiger partial charge >= 0.3 is 7.82 Å². The number of phosphoric acid groups is 1. The average molecular weight is 495 g/mol. The van der Waals surface area contributed by atoms with Crippen LogP contribution in [0.4, 0.5) is 0 Å². The van der Waals surface area contributed by atoms with Crippen molar-refractivity contribution in [1.29, 1.82) is 0 Å². The Balaban J connectivity index is 1.51. The van der Waals surface area contributed by atoms with Crippen LogP contribution < -0.4 is 5.32 Å². The molecule has 10 heteroatoms. The van der Waals surface area contributed by atoms with E-state index in [1.165, 1.54) is 10.8 Å². The summed E-state index contributed by atoms with van der Waals surface area (Å²) in [4.78, 5) is 33.8. The van der Waals surface area contributed by atoms with Crippen molar-refractivity contribution >= 4 is 13.7 Å². The van der Waals surface area contributed by atoms with E-state index in [0.717, 1.165) is 16.7 Å². The van der Waals surface area contributed by atoms with E-state index in [0.29, 0.717) is 24.4 Å². The van der Waals surface area contributed by atoms with Gasteiger partial charge in [-0.05, 0) is 35.7 Å². The van der Waals surface area contributed by atoms with E-state index in [2.05, 4.69) is 26.7 Å². The van der Waals surface area contributed by atoms with Crippen LogP contribution in [0.2, 0.25) is 0 Å². The number of rotatable bonds is 7. The molecule has 182 valence electrons. The number of aliphatic hydroxyl groups is 1. The Bertz CT molecular complexity index is 1290. The zero-order valence-electron chi connectivity index (χ0n) is 19.0. The number of nitrogens with zero attached hydrogens (tertiary/aromatic N) is 2. The zero-order valence-corrected chi connectivity index (χ0v) is 19.9. The van der Waals surface area contributed by atoms with Crippen LogP contribution in [0.15, 0.2) is 60.9 Å². The maximum Gasteiger partial charge on any atom is 0.469 e. The monoisotopic (exact) mass is 495 g/mol.